The SMILES string of the molecule is O[C@H]1CC[C@@H](Cc2cc(CN3CCOCC3)on2)O[C@@H]1CNCc1ccccc1Cl. The number of ether oxygens (including phenoxy) is 2. The zero-order valence-electron chi connectivity index (χ0n) is 17.1. The van der Waals surface area contributed by atoms with E-state index in [1.807, 2.05) is 30.3 Å². The molecule has 2 aliphatic rings. The largest absolute Gasteiger partial charge is 0.390 e. The van der Waals surface area contributed by atoms with E-state index in [1.165, 1.54) is 0 Å². The van der Waals surface area contributed by atoms with Crippen LogP contribution >= 0.6 is 11.6 Å². The van der Waals surface area contributed by atoms with Gasteiger partial charge in [0.05, 0.1) is 43.8 Å². The molecule has 2 saturated heterocycles. The monoisotopic (exact) mass is 435 g/mol. The number of aliphatic hydroxyl groups is 1. The molecule has 2 aliphatic heterocycles. The van der Waals surface area contributed by atoms with Gasteiger partial charge >= 0.3 is 0 Å². The molecule has 2 aromatic rings. The van der Waals surface area contributed by atoms with E-state index in [1.54, 1.807) is 0 Å². The van der Waals surface area contributed by atoms with Crippen LogP contribution in [-0.4, -0.2) is 66.3 Å². The van der Waals surface area contributed by atoms with Crippen LogP contribution < -0.4 is 5.32 Å². The van der Waals surface area contributed by atoms with Gasteiger partial charge in [-0.2, -0.15) is 0 Å². The van der Waals surface area contributed by atoms with Crippen LogP contribution in [0.2, 0.25) is 5.02 Å². The highest BCUT2D eigenvalue weighted by molar-refractivity contribution is 6.31. The predicted molar refractivity (Wildman–Crippen MR) is 113 cm³/mol. The Morgan fingerprint density at radius 2 is 2.03 bits per heavy atom. The van der Waals surface area contributed by atoms with E-state index in [0.717, 1.165) is 67.7 Å². The molecule has 2 fully saturated rings. The Morgan fingerprint density at radius 3 is 2.87 bits per heavy atom. The second-order valence-electron chi connectivity index (χ2n) is 8.04. The highest BCUT2D eigenvalue weighted by atomic mass is 35.5. The summed E-state index contributed by atoms with van der Waals surface area (Å²) in [6.45, 7) is 5.35. The van der Waals surface area contributed by atoms with Crippen molar-refractivity contribution in [1.29, 1.82) is 0 Å². The minimum absolute atomic E-state index is 0.0295. The van der Waals surface area contributed by atoms with E-state index in [2.05, 4.69) is 15.4 Å². The summed E-state index contributed by atoms with van der Waals surface area (Å²) < 4.78 is 17.1. The second-order valence-corrected chi connectivity index (χ2v) is 8.45. The van der Waals surface area contributed by atoms with Gasteiger partial charge in [0.25, 0.3) is 0 Å². The number of halogens is 1. The van der Waals surface area contributed by atoms with E-state index in [9.17, 15) is 5.11 Å². The van der Waals surface area contributed by atoms with Crippen molar-refractivity contribution >= 4 is 11.6 Å². The number of aromatic nitrogens is 1. The number of nitrogens with one attached hydrogen (secondary N) is 1. The molecule has 0 unspecified atom stereocenters. The smallest absolute Gasteiger partial charge is 0.150 e. The van der Waals surface area contributed by atoms with Crippen molar-refractivity contribution in [2.24, 2.45) is 0 Å². The molecule has 0 amide bonds. The van der Waals surface area contributed by atoms with Gasteiger partial charge in [-0.3, -0.25) is 4.90 Å². The standard InChI is InChI=1S/C22H30ClN3O4/c23-20-4-2-1-3-16(20)13-24-14-22-21(27)6-5-18(29-22)11-17-12-19(30-25-17)15-26-7-9-28-10-8-26/h1-4,12,18,21-22,24,27H,5-11,13-15H2/t18-,21-,22+/m0/s1. The van der Waals surface area contributed by atoms with Crippen LogP contribution in [0.3, 0.4) is 0 Å². The highest BCUT2D eigenvalue weighted by Crippen LogP contribution is 2.23. The minimum Gasteiger partial charge on any atom is -0.390 e. The Balaban J connectivity index is 1.24. The first-order chi connectivity index (χ1) is 14.7. The first-order valence-electron chi connectivity index (χ1n) is 10.7. The summed E-state index contributed by atoms with van der Waals surface area (Å²) in [7, 11) is 0. The third-order valence-electron chi connectivity index (χ3n) is 5.73. The van der Waals surface area contributed by atoms with Crippen molar-refractivity contribution in [1.82, 2.24) is 15.4 Å². The third kappa shape index (κ3) is 6.03. The quantitative estimate of drug-likeness (QED) is 0.659. The normalized spacial score (nSPS) is 25.5. The molecule has 30 heavy (non-hydrogen) atoms. The number of hydrogen-bond acceptors (Lipinski definition) is 7. The highest BCUT2D eigenvalue weighted by Gasteiger charge is 2.30. The molecule has 0 radical (unpaired) electrons. The van der Waals surface area contributed by atoms with E-state index >= 15 is 0 Å². The average Bonchev–Trinajstić information content (AvgIpc) is 3.19. The molecule has 3 atom stereocenters. The Labute approximate surface area is 182 Å². The summed E-state index contributed by atoms with van der Waals surface area (Å²) >= 11 is 6.21. The molecule has 0 saturated carbocycles. The minimum atomic E-state index is -0.464. The number of hydrogen-bond donors (Lipinski definition) is 2. The van der Waals surface area contributed by atoms with E-state index in [-0.39, 0.29) is 12.2 Å². The van der Waals surface area contributed by atoms with Crippen LogP contribution in [0.4, 0.5) is 0 Å². The molecule has 0 bridgehead atoms. The summed E-state index contributed by atoms with van der Waals surface area (Å²) in [5.41, 5.74) is 1.94. The fraction of sp³-hybridized carbons (Fsp3) is 0.591. The van der Waals surface area contributed by atoms with Crippen LogP contribution in [-0.2, 0) is 29.0 Å². The maximum Gasteiger partial charge on any atom is 0.150 e. The van der Waals surface area contributed by atoms with Crippen molar-refractivity contribution in [2.75, 3.05) is 32.8 Å². The summed E-state index contributed by atoms with van der Waals surface area (Å²) in [5.74, 6) is 0.876. The maximum absolute atomic E-state index is 10.4. The summed E-state index contributed by atoms with van der Waals surface area (Å²) in [4.78, 5) is 2.31. The fourth-order valence-corrected chi connectivity index (χ4v) is 4.22. The molecule has 3 heterocycles. The van der Waals surface area contributed by atoms with Gasteiger partial charge in [-0.15, -0.1) is 0 Å². The predicted octanol–water partition coefficient (Wildman–Crippen LogP) is 2.40. The van der Waals surface area contributed by atoms with Crippen LogP contribution in [0.25, 0.3) is 0 Å². The van der Waals surface area contributed by atoms with Crippen molar-refractivity contribution < 1.29 is 19.1 Å². The van der Waals surface area contributed by atoms with Gasteiger partial charge in [0, 0.05) is 43.7 Å². The van der Waals surface area contributed by atoms with E-state index in [4.69, 9.17) is 25.6 Å². The Bertz CT molecular complexity index is 796. The third-order valence-corrected chi connectivity index (χ3v) is 6.10. The van der Waals surface area contributed by atoms with Crippen LogP contribution in [0.5, 0.6) is 0 Å². The molecule has 8 heteroatoms. The number of aliphatic hydroxyl groups excluding tert-OH is 1. The summed E-state index contributed by atoms with van der Waals surface area (Å²) in [6.07, 6.45) is 1.55. The van der Waals surface area contributed by atoms with Crippen molar-refractivity contribution in [2.45, 2.75) is 50.7 Å². The zero-order valence-corrected chi connectivity index (χ0v) is 17.9. The van der Waals surface area contributed by atoms with Crippen LogP contribution in [0.15, 0.2) is 34.9 Å². The molecule has 1 aromatic heterocycles. The number of nitrogens with zero attached hydrogens (tertiary/aromatic N) is 2. The fourth-order valence-electron chi connectivity index (χ4n) is 4.01. The molecule has 7 nitrogen and oxygen atoms in total. The van der Waals surface area contributed by atoms with Crippen molar-refractivity contribution in [3.63, 3.8) is 0 Å². The van der Waals surface area contributed by atoms with Gasteiger partial charge in [0.15, 0.2) is 5.76 Å². The number of rotatable bonds is 8. The zero-order chi connectivity index (χ0) is 20.8. The molecular formula is C22H30ClN3O4. The lowest BCUT2D eigenvalue weighted by Gasteiger charge is -2.34. The van der Waals surface area contributed by atoms with Gasteiger partial charge in [-0.05, 0) is 24.5 Å². The number of morpholine rings is 1. The van der Waals surface area contributed by atoms with E-state index < -0.39 is 6.10 Å². The molecule has 4 rings (SSSR count). The lowest BCUT2D eigenvalue weighted by molar-refractivity contribution is -0.115. The van der Waals surface area contributed by atoms with E-state index in [0.29, 0.717) is 19.5 Å². The lowest BCUT2D eigenvalue weighted by Crippen LogP contribution is -2.45. The first kappa shape index (κ1) is 21.7. The van der Waals surface area contributed by atoms with Crippen molar-refractivity contribution in [3.8, 4) is 0 Å². The maximum atomic E-state index is 10.4. The molecule has 164 valence electrons. The van der Waals surface area contributed by atoms with Crippen molar-refractivity contribution in [3.05, 3.63) is 52.4 Å². The van der Waals surface area contributed by atoms with Gasteiger partial charge in [0.2, 0.25) is 0 Å². The molecule has 2 N–H and O–H groups in total. The Hall–Kier alpha value is -1.48. The van der Waals surface area contributed by atoms with Gasteiger partial charge in [-0.1, -0.05) is 35.0 Å². The van der Waals surface area contributed by atoms with Gasteiger partial charge in [-0.25, -0.2) is 0 Å². The first-order valence-corrected chi connectivity index (χ1v) is 11.1. The lowest BCUT2D eigenvalue weighted by atomic mass is 9.98. The Morgan fingerprint density at radius 1 is 1.20 bits per heavy atom. The summed E-state index contributed by atoms with van der Waals surface area (Å²) in [5, 5.41) is 18.7. The molecular weight excluding hydrogens is 406 g/mol. The topological polar surface area (TPSA) is 80.0 Å². The average molecular weight is 436 g/mol. The molecule has 1 aromatic carbocycles. The summed E-state index contributed by atoms with van der Waals surface area (Å²) in [6, 6.07) is 9.78. The van der Waals surface area contributed by atoms with Gasteiger partial charge < -0.3 is 24.4 Å². The molecule has 0 spiro atoms. The van der Waals surface area contributed by atoms with Crippen LogP contribution in [0.1, 0.15) is 29.9 Å². The van der Waals surface area contributed by atoms with Crippen LogP contribution in [0, 0.1) is 0 Å². The molecule has 0 aliphatic carbocycles. The number of benzene rings is 1. The Kier molecular flexibility index (Phi) is 7.76. The van der Waals surface area contributed by atoms with Gasteiger partial charge in [0.1, 0.15) is 0 Å². The second kappa shape index (κ2) is 10.7.